The molecule has 0 saturated carbocycles. The number of quaternary nitrogens is 1. The highest BCUT2D eigenvalue weighted by Crippen LogP contribution is 2.38. The van der Waals surface area contributed by atoms with E-state index in [1.165, 1.54) is 0 Å². The van der Waals surface area contributed by atoms with Crippen LogP contribution >= 0.6 is 0 Å². The van der Waals surface area contributed by atoms with Gasteiger partial charge in [0, 0.05) is 24.7 Å². The van der Waals surface area contributed by atoms with Gasteiger partial charge in [0.25, 0.3) is 5.91 Å². The molecule has 3 rings (SSSR count). The fourth-order valence-corrected chi connectivity index (χ4v) is 4.19. The van der Waals surface area contributed by atoms with E-state index >= 15 is 0 Å². The quantitative estimate of drug-likeness (QED) is 0.837. The number of amides is 1. The van der Waals surface area contributed by atoms with Crippen LogP contribution in [0.4, 0.5) is 5.69 Å². The van der Waals surface area contributed by atoms with Gasteiger partial charge >= 0.3 is 0 Å². The van der Waals surface area contributed by atoms with Crippen molar-refractivity contribution in [3.8, 4) is 0 Å². The molecule has 1 N–H and O–H groups in total. The number of likely N-dealkylation sites (tertiary alicyclic amines) is 1. The fraction of sp³-hybridized carbons (Fsp3) is 0.429. The number of nitrogens with zero attached hydrogens (tertiary/aromatic N) is 2. The SMILES string of the molecule is CC[N+]1(CC(=O)Nc2c(C)cccc2C)CCCC1c1ccccn1. The summed E-state index contributed by atoms with van der Waals surface area (Å²) in [6.07, 6.45) is 4.10. The molecule has 1 aromatic carbocycles. The normalized spacial score (nSPS) is 22.8. The average Bonchev–Trinajstić information content (AvgIpc) is 3.03. The van der Waals surface area contributed by atoms with Crippen LogP contribution in [0.5, 0.6) is 0 Å². The predicted molar refractivity (Wildman–Crippen MR) is 101 cm³/mol. The summed E-state index contributed by atoms with van der Waals surface area (Å²) in [5, 5.41) is 3.16. The van der Waals surface area contributed by atoms with Crippen molar-refractivity contribution in [2.45, 2.75) is 39.7 Å². The van der Waals surface area contributed by atoms with E-state index in [-0.39, 0.29) is 5.91 Å². The van der Waals surface area contributed by atoms with Gasteiger partial charge in [0.05, 0.1) is 18.8 Å². The molecule has 0 radical (unpaired) electrons. The summed E-state index contributed by atoms with van der Waals surface area (Å²) in [5.41, 5.74) is 4.29. The molecule has 1 aromatic heterocycles. The van der Waals surface area contributed by atoms with Crippen molar-refractivity contribution >= 4 is 11.6 Å². The maximum absolute atomic E-state index is 12.9. The van der Waals surface area contributed by atoms with Crippen molar-refractivity contribution in [3.05, 3.63) is 59.4 Å². The molecule has 0 aliphatic carbocycles. The largest absolute Gasteiger partial charge is 0.321 e. The zero-order chi connectivity index (χ0) is 17.9. The van der Waals surface area contributed by atoms with Gasteiger partial charge in [-0.05, 0) is 44.0 Å². The van der Waals surface area contributed by atoms with E-state index in [1.807, 2.05) is 50.4 Å². The van der Waals surface area contributed by atoms with Crippen molar-refractivity contribution in [2.24, 2.45) is 0 Å². The van der Waals surface area contributed by atoms with Crippen LogP contribution in [0.15, 0.2) is 42.6 Å². The van der Waals surface area contributed by atoms with Crippen molar-refractivity contribution < 1.29 is 9.28 Å². The van der Waals surface area contributed by atoms with Gasteiger partial charge in [0.1, 0.15) is 6.04 Å². The summed E-state index contributed by atoms with van der Waals surface area (Å²) in [7, 11) is 0. The number of para-hydroxylation sites is 1. The Morgan fingerprint density at radius 3 is 2.60 bits per heavy atom. The minimum Gasteiger partial charge on any atom is -0.321 e. The van der Waals surface area contributed by atoms with Crippen LogP contribution < -0.4 is 5.32 Å². The van der Waals surface area contributed by atoms with Crippen LogP contribution in [0.25, 0.3) is 0 Å². The van der Waals surface area contributed by atoms with E-state index in [0.717, 1.165) is 52.9 Å². The first-order valence-electron chi connectivity index (χ1n) is 9.18. The highest BCUT2D eigenvalue weighted by Gasteiger charge is 2.43. The van der Waals surface area contributed by atoms with Gasteiger partial charge in [-0.2, -0.15) is 0 Å². The van der Waals surface area contributed by atoms with Gasteiger partial charge < -0.3 is 9.80 Å². The number of aryl methyl sites for hydroxylation is 2. The topological polar surface area (TPSA) is 42.0 Å². The van der Waals surface area contributed by atoms with Crippen LogP contribution in [0.1, 0.15) is 42.6 Å². The molecule has 2 unspecified atom stereocenters. The Morgan fingerprint density at radius 2 is 1.96 bits per heavy atom. The number of benzene rings is 1. The Morgan fingerprint density at radius 1 is 1.20 bits per heavy atom. The van der Waals surface area contributed by atoms with Gasteiger partial charge in [-0.1, -0.05) is 24.3 Å². The number of hydrogen-bond acceptors (Lipinski definition) is 2. The van der Waals surface area contributed by atoms with Crippen LogP contribution in [0.3, 0.4) is 0 Å². The number of rotatable bonds is 5. The molecule has 1 aliphatic rings. The Bertz CT molecular complexity index is 724. The van der Waals surface area contributed by atoms with Gasteiger partial charge in [-0.3, -0.25) is 9.78 Å². The number of likely N-dealkylation sites (N-methyl/N-ethyl adjacent to an activating group) is 1. The van der Waals surface area contributed by atoms with E-state index < -0.39 is 0 Å². The van der Waals surface area contributed by atoms with Crippen LogP contribution in [-0.2, 0) is 4.79 Å². The maximum atomic E-state index is 12.9. The lowest BCUT2D eigenvalue weighted by molar-refractivity contribution is -0.936. The number of carbonyl (C=O) groups is 1. The fourth-order valence-electron chi connectivity index (χ4n) is 4.19. The van der Waals surface area contributed by atoms with E-state index in [9.17, 15) is 4.79 Å². The van der Waals surface area contributed by atoms with E-state index in [0.29, 0.717) is 12.6 Å². The zero-order valence-corrected chi connectivity index (χ0v) is 15.5. The molecule has 0 bridgehead atoms. The molecule has 25 heavy (non-hydrogen) atoms. The summed E-state index contributed by atoms with van der Waals surface area (Å²) in [4.78, 5) is 17.4. The smallest absolute Gasteiger partial charge is 0.279 e. The predicted octanol–water partition coefficient (Wildman–Crippen LogP) is 4.01. The standard InChI is InChI=1S/C21H27N3O/c1-4-24(14-8-12-19(24)18-11-5-6-13-22-18)15-20(25)23-21-16(2)9-7-10-17(21)3/h5-7,9-11,13,19H,4,8,12,14-15H2,1-3H3/p+1. The monoisotopic (exact) mass is 338 g/mol. The average molecular weight is 338 g/mol. The molecule has 1 saturated heterocycles. The van der Waals surface area contributed by atoms with Crippen molar-refractivity contribution in [2.75, 3.05) is 25.0 Å². The van der Waals surface area contributed by atoms with E-state index in [4.69, 9.17) is 0 Å². The Hall–Kier alpha value is -2.20. The van der Waals surface area contributed by atoms with Crippen LogP contribution in [-0.4, -0.2) is 35.0 Å². The van der Waals surface area contributed by atoms with Gasteiger partial charge in [0.2, 0.25) is 0 Å². The summed E-state index contributed by atoms with van der Waals surface area (Å²) in [5.74, 6) is 0.0991. The summed E-state index contributed by atoms with van der Waals surface area (Å²) >= 11 is 0. The molecule has 1 amide bonds. The number of hydrogen-bond donors (Lipinski definition) is 1. The molecule has 2 aromatic rings. The molecule has 2 heterocycles. The lowest BCUT2D eigenvalue weighted by Crippen LogP contribution is -2.51. The number of anilines is 1. The highest BCUT2D eigenvalue weighted by molar-refractivity contribution is 5.93. The third-order valence-corrected chi connectivity index (χ3v) is 5.61. The first-order chi connectivity index (χ1) is 12.1. The summed E-state index contributed by atoms with van der Waals surface area (Å²) < 4.78 is 0.799. The molecule has 1 fully saturated rings. The van der Waals surface area contributed by atoms with E-state index in [1.54, 1.807) is 0 Å². The summed E-state index contributed by atoms with van der Waals surface area (Å²) in [6.45, 7) is 8.76. The molecular weight excluding hydrogens is 310 g/mol. The van der Waals surface area contributed by atoms with Crippen molar-refractivity contribution in [1.29, 1.82) is 0 Å². The first-order valence-corrected chi connectivity index (χ1v) is 9.18. The van der Waals surface area contributed by atoms with E-state index in [2.05, 4.69) is 23.3 Å². The van der Waals surface area contributed by atoms with Gasteiger partial charge in [-0.25, -0.2) is 0 Å². The molecule has 1 aliphatic heterocycles. The lowest BCUT2D eigenvalue weighted by atomic mass is 10.1. The Labute approximate surface area is 150 Å². The number of pyridine rings is 1. The minimum atomic E-state index is 0.0991. The molecule has 0 spiro atoms. The second-order valence-electron chi connectivity index (χ2n) is 7.14. The Balaban J connectivity index is 1.80. The number of carbonyl (C=O) groups excluding carboxylic acids is 1. The molecule has 2 atom stereocenters. The number of nitrogens with one attached hydrogen (secondary N) is 1. The Kier molecular flexibility index (Phi) is 5.19. The third kappa shape index (κ3) is 3.59. The molecule has 132 valence electrons. The summed E-state index contributed by atoms with van der Waals surface area (Å²) in [6, 6.07) is 12.5. The minimum absolute atomic E-state index is 0.0991. The van der Waals surface area contributed by atoms with Gasteiger partial charge in [0.15, 0.2) is 6.54 Å². The molecule has 4 nitrogen and oxygen atoms in total. The second-order valence-corrected chi connectivity index (χ2v) is 7.14. The highest BCUT2D eigenvalue weighted by atomic mass is 16.2. The number of aromatic nitrogens is 1. The van der Waals surface area contributed by atoms with Crippen LogP contribution in [0, 0.1) is 13.8 Å². The van der Waals surface area contributed by atoms with Gasteiger partial charge in [-0.15, -0.1) is 0 Å². The third-order valence-electron chi connectivity index (χ3n) is 5.61. The van der Waals surface area contributed by atoms with Crippen molar-refractivity contribution in [3.63, 3.8) is 0 Å². The van der Waals surface area contributed by atoms with Crippen molar-refractivity contribution in [1.82, 2.24) is 4.98 Å². The van der Waals surface area contributed by atoms with Crippen LogP contribution in [0.2, 0.25) is 0 Å². The first kappa shape index (κ1) is 17.6. The molecule has 4 heteroatoms. The maximum Gasteiger partial charge on any atom is 0.279 e. The molecular formula is C21H28N3O+. The lowest BCUT2D eigenvalue weighted by Gasteiger charge is -2.38. The second kappa shape index (κ2) is 7.36. The zero-order valence-electron chi connectivity index (χ0n) is 15.5.